The number of rotatable bonds is 17. The van der Waals surface area contributed by atoms with Gasteiger partial charge < -0.3 is 0 Å². The Bertz CT molecular complexity index is 826. The average molecular weight is 1030 g/mol. The van der Waals surface area contributed by atoms with E-state index < -0.39 is 0 Å². The van der Waals surface area contributed by atoms with Crippen molar-refractivity contribution in [1.29, 1.82) is 0 Å². The second-order valence-electron chi connectivity index (χ2n) is 28.1. The van der Waals surface area contributed by atoms with Crippen LogP contribution in [0.15, 0.2) is 0 Å². The largest absolute Gasteiger partial charge is 0.0654 e. The van der Waals surface area contributed by atoms with Crippen molar-refractivity contribution in [2.24, 2.45) is 81.3 Å². The first-order valence-electron chi connectivity index (χ1n) is 33.2. The quantitative estimate of drug-likeness (QED) is 0.127. The van der Waals surface area contributed by atoms with Gasteiger partial charge in [-0.25, -0.2) is 0 Å². The molecule has 0 aliphatic heterocycles. The summed E-state index contributed by atoms with van der Waals surface area (Å²) in [6.45, 7) is 74.3. The number of hydrogen-bond donors (Lipinski definition) is 0. The van der Waals surface area contributed by atoms with Crippen LogP contribution in [-0.2, 0) is 0 Å². The Balaban J connectivity index is -0.000000103. The number of unbranched alkanes of at least 4 members (excludes halogenated alkanes) is 3. The molecule has 4 saturated carbocycles. The summed E-state index contributed by atoms with van der Waals surface area (Å²) in [6.07, 6.45) is 35.0. The summed E-state index contributed by atoms with van der Waals surface area (Å²) in [5.74, 6) is 10.8. The molecule has 0 heterocycles. The molecule has 0 bridgehead atoms. The van der Waals surface area contributed by atoms with E-state index in [0.717, 1.165) is 70.5 Å². The van der Waals surface area contributed by atoms with Gasteiger partial charge in [0.05, 0.1) is 0 Å². The summed E-state index contributed by atoms with van der Waals surface area (Å²) in [7, 11) is 0. The average Bonchev–Trinajstić information content (AvgIpc) is 4.09. The normalized spacial score (nSPS) is 16.5. The molecule has 0 amide bonds. The molecule has 0 nitrogen and oxygen atoms in total. The lowest BCUT2D eigenvalue weighted by Crippen LogP contribution is -2.00. The molecule has 4 rings (SSSR count). The van der Waals surface area contributed by atoms with Gasteiger partial charge in [-0.05, 0) is 113 Å². The van der Waals surface area contributed by atoms with E-state index >= 15 is 0 Å². The monoisotopic (exact) mass is 1030 g/mol. The van der Waals surface area contributed by atoms with Gasteiger partial charge in [-0.15, -0.1) is 0 Å². The van der Waals surface area contributed by atoms with Crippen molar-refractivity contribution in [3.63, 3.8) is 0 Å². The Labute approximate surface area is 468 Å². The predicted molar refractivity (Wildman–Crippen MR) is 348 cm³/mol. The molecule has 0 N–H and O–H groups in total. The lowest BCUT2D eigenvalue weighted by atomic mass is 9.94. The Morgan fingerprint density at radius 3 is 0.792 bits per heavy atom. The molecule has 0 heteroatoms. The summed E-state index contributed by atoms with van der Waals surface area (Å²) >= 11 is 0. The third-order valence-electron chi connectivity index (χ3n) is 15.6. The van der Waals surface area contributed by atoms with E-state index in [1.807, 2.05) is 0 Å². The molecule has 0 aromatic carbocycles. The fraction of sp³-hybridized carbons (Fsp3) is 1.00. The molecule has 448 valence electrons. The summed E-state index contributed by atoms with van der Waals surface area (Å²) in [5, 5.41) is 0. The van der Waals surface area contributed by atoms with Gasteiger partial charge in [0.25, 0.3) is 0 Å². The van der Waals surface area contributed by atoms with Crippen LogP contribution < -0.4 is 0 Å². The van der Waals surface area contributed by atoms with Crippen LogP contribution in [0.25, 0.3) is 0 Å². The van der Waals surface area contributed by atoms with Gasteiger partial charge in [0, 0.05) is 0 Å². The summed E-state index contributed by atoms with van der Waals surface area (Å²) in [5.41, 5.74) is 1.88. The van der Waals surface area contributed by atoms with Crippen LogP contribution in [0, 0.1) is 81.3 Å². The Morgan fingerprint density at radius 1 is 0.458 bits per heavy atom. The topological polar surface area (TPSA) is 0 Å². The third-order valence-corrected chi connectivity index (χ3v) is 15.6. The van der Waals surface area contributed by atoms with Gasteiger partial charge in [-0.2, -0.15) is 0 Å². The summed E-state index contributed by atoms with van der Waals surface area (Å²) < 4.78 is 0. The van der Waals surface area contributed by atoms with E-state index in [0.29, 0.717) is 10.8 Å². The van der Waals surface area contributed by atoms with E-state index in [2.05, 4.69) is 228 Å². The fourth-order valence-electron chi connectivity index (χ4n) is 5.34. The first kappa shape index (κ1) is 88.6. The second-order valence-corrected chi connectivity index (χ2v) is 28.1. The Hall–Kier alpha value is 0. The minimum Gasteiger partial charge on any atom is -0.0654 e. The van der Waals surface area contributed by atoms with Crippen LogP contribution >= 0.6 is 0 Å². The molecule has 2 atom stereocenters. The van der Waals surface area contributed by atoms with Gasteiger partial charge in [-0.3, -0.25) is 0 Å². The first-order valence-corrected chi connectivity index (χ1v) is 33.2. The minimum atomic E-state index is 0.542. The molecule has 72 heavy (non-hydrogen) atoms. The standard InChI is InChI=1S/4C6H12.8C6H14/c1-5(2)6-3-4-6;1-3-6(2)4-5-6;1-3-6-4-5(6)2;1-2-3-6-4-5-6;2*1-5-6(2,3)4;1-5(2)6(3)4;2*1-4-5-6(2)3;2*1-4-6(3)5-2;1-3-5-6-4-2/h5-6H,3-4H2,1-2H3;3-5H2,1-2H3;5-6H,3-4H2,1-2H3;6H,2-5H2,1H3;2*5H2,1-4H3;5-6H,1-4H3;4*6H,4-5H2,1-3H3;3-6H2,1-2H3/t;;5-,6?;;;;;;;;;/m..0........./s1. The van der Waals surface area contributed by atoms with Gasteiger partial charge in [-0.1, -0.05) is 357 Å². The van der Waals surface area contributed by atoms with Crippen molar-refractivity contribution in [1.82, 2.24) is 0 Å². The van der Waals surface area contributed by atoms with Crippen LogP contribution in [0.4, 0.5) is 0 Å². The lowest BCUT2D eigenvalue weighted by Gasteiger charge is -2.12. The Morgan fingerprint density at radius 2 is 0.764 bits per heavy atom. The second kappa shape index (κ2) is 60.2. The molecule has 0 aromatic heterocycles. The van der Waals surface area contributed by atoms with Gasteiger partial charge >= 0.3 is 0 Å². The maximum Gasteiger partial charge on any atom is -0.0328 e. The van der Waals surface area contributed by atoms with Crippen LogP contribution in [-0.4, -0.2) is 0 Å². The van der Waals surface area contributed by atoms with Crippen LogP contribution in [0.3, 0.4) is 0 Å². The van der Waals surface area contributed by atoms with Crippen molar-refractivity contribution in [2.75, 3.05) is 0 Å². The smallest absolute Gasteiger partial charge is 0.0328 e. The van der Waals surface area contributed by atoms with Crippen molar-refractivity contribution in [3.8, 4) is 0 Å². The minimum absolute atomic E-state index is 0.542. The molecule has 0 saturated heterocycles. The van der Waals surface area contributed by atoms with E-state index in [4.69, 9.17) is 0 Å². The molecule has 1 unspecified atom stereocenters. The predicted octanol–water partition coefficient (Wildman–Crippen LogP) is 28.0. The molecule has 0 radical (unpaired) electrons. The molecule has 0 aromatic rings. The first-order chi connectivity index (χ1) is 33.2. The van der Waals surface area contributed by atoms with E-state index in [9.17, 15) is 0 Å². The van der Waals surface area contributed by atoms with E-state index in [-0.39, 0.29) is 0 Å². The summed E-state index contributed by atoms with van der Waals surface area (Å²) in [6, 6.07) is 0. The van der Waals surface area contributed by atoms with Gasteiger partial charge in [0.1, 0.15) is 0 Å². The van der Waals surface area contributed by atoms with Crippen molar-refractivity contribution in [3.05, 3.63) is 0 Å². The SMILES string of the molecule is CC(C)C(C)C.CC(C)C1CC1.CCC(C)(C)C.CCC(C)(C)C.CCC(C)CC.CCC(C)CC.CCC1(C)CC1.CCC1C[C@@H]1C.CCCC(C)C.CCCC(C)C.CCCC1CC1.CCCCCC. The fourth-order valence-corrected chi connectivity index (χ4v) is 5.34. The summed E-state index contributed by atoms with van der Waals surface area (Å²) in [4.78, 5) is 0. The van der Waals surface area contributed by atoms with Crippen LogP contribution in [0.2, 0.25) is 0 Å². The highest BCUT2D eigenvalue weighted by molar-refractivity contribution is 4.86. The third kappa shape index (κ3) is 106. The lowest BCUT2D eigenvalue weighted by molar-refractivity contribution is 0.397. The zero-order valence-corrected chi connectivity index (χ0v) is 58.5. The van der Waals surface area contributed by atoms with Crippen LogP contribution in [0.5, 0.6) is 0 Å². The molecular weight excluding hydrogens is 865 g/mol. The van der Waals surface area contributed by atoms with Crippen molar-refractivity contribution < 1.29 is 0 Å². The maximum absolute atomic E-state index is 2.35. The highest BCUT2D eigenvalue weighted by Gasteiger charge is 2.34. The van der Waals surface area contributed by atoms with E-state index in [1.54, 1.807) is 0 Å². The number of hydrogen-bond acceptors (Lipinski definition) is 0. The Kier molecular flexibility index (Phi) is 74.1. The van der Waals surface area contributed by atoms with Crippen LogP contribution in [0.1, 0.15) is 389 Å². The van der Waals surface area contributed by atoms with E-state index in [1.165, 1.54) is 161 Å². The van der Waals surface area contributed by atoms with Crippen molar-refractivity contribution >= 4 is 0 Å². The van der Waals surface area contributed by atoms with Gasteiger partial charge in [0.2, 0.25) is 0 Å². The highest BCUT2D eigenvalue weighted by Crippen LogP contribution is 2.47. The van der Waals surface area contributed by atoms with Crippen molar-refractivity contribution in [2.45, 2.75) is 389 Å². The van der Waals surface area contributed by atoms with Gasteiger partial charge in [0.15, 0.2) is 0 Å². The molecule has 4 fully saturated rings. The zero-order chi connectivity index (χ0) is 58.5. The zero-order valence-electron chi connectivity index (χ0n) is 58.5. The molecule has 0 spiro atoms. The maximum atomic E-state index is 2.35. The molecule has 4 aliphatic rings. The molecule has 4 aliphatic carbocycles. The molecular formula is C72H160. The highest BCUT2D eigenvalue weighted by atomic mass is 14.4.